The number of carbonyl (C=O) groups is 2. The van der Waals surface area contributed by atoms with Crippen LogP contribution in [0.5, 0.6) is 5.75 Å². The Bertz CT molecular complexity index is 788. The topological polar surface area (TPSA) is 63.0 Å². The molecule has 2 aromatic rings. The Hall–Kier alpha value is -2.28. The molecule has 27 heavy (non-hydrogen) atoms. The minimum absolute atomic E-state index is 0.0780. The second-order valence-electron chi connectivity index (χ2n) is 6.38. The third-order valence-corrected chi connectivity index (χ3v) is 4.94. The van der Waals surface area contributed by atoms with Gasteiger partial charge in [-0.2, -0.15) is 0 Å². The van der Waals surface area contributed by atoms with Crippen molar-refractivity contribution in [3.63, 3.8) is 0 Å². The fourth-order valence-electron chi connectivity index (χ4n) is 3.11. The Kier molecular flexibility index (Phi) is 6.55. The van der Waals surface area contributed by atoms with E-state index in [0.717, 1.165) is 17.7 Å². The number of nitrogens with zero attached hydrogens (tertiary/aromatic N) is 2. The zero-order valence-corrected chi connectivity index (χ0v) is 16.9. The molecule has 0 aliphatic carbocycles. The van der Waals surface area contributed by atoms with E-state index in [1.54, 1.807) is 17.0 Å². The predicted molar refractivity (Wildman–Crippen MR) is 105 cm³/mol. The van der Waals surface area contributed by atoms with Crippen LogP contribution in [0.25, 0.3) is 0 Å². The van der Waals surface area contributed by atoms with Crippen molar-refractivity contribution in [2.75, 3.05) is 32.8 Å². The number of ether oxygens (including phenoxy) is 1. The van der Waals surface area contributed by atoms with E-state index in [9.17, 15) is 9.59 Å². The van der Waals surface area contributed by atoms with E-state index < -0.39 is 0 Å². The van der Waals surface area contributed by atoms with Crippen molar-refractivity contribution in [3.05, 3.63) is 52.4 Å². The molecule has 1 aromatic heterocycles. The van der Waals surface area contributed by atoms with Crippen LogP contribution < -0.4 is 4.74 Å². The van der Waals surface area contributed by atoms with Gasteiger partial charge in [0, 0.05) is 26.2 Å². The van der Waals surface area contributed by atoms with Crippen molar-refractivity contribution in [2.24, 2.45) is 0 Å². The van der Waals surface area contributed by atoms with Gasteiger partial charge in [-0.05, 0) is 59.1 Å². The molecule has 6 nitrogen and oxygen atoms in total. The summed E-state index contributed by atoms with van der Waals surface area (Å²) in [6.45, 7) is 4.87. The van der Waals surface area contributed by atoms with Gasteiger partial charge in [0.15, 0.2) is 10.4 Å². The molecule has 0 atom stereocenters. The lowest BCUT2D eigenvalue weighted by Gasteiger charge is -2.21. The molecule has 0 radical (unpaired) electrons. The predicted octanol–water partition coefficient (Wildman–Crippen LogP) is 3.36. The van der Waals surface area contributed by atoms with Gasteiger partial charge in [-0.1, -0.05) is 12.1 Å². The first kappa shape index (κ1) is 19.5. The average Bonchev–Trinajstić information content (AvgIpc) is 2.95. The third-order valence-electron chi connectivity index (χ3n) is 4.51. The molecule has 2 amide bonds. The minimum atomic E-state index is -0.137. The quantitative estimate of drug-likeness (QED) is 0.723. The molecule has 144 valence electrons. The van der Waals surface area contributed by atoms with E-state index >= 15 is 0 Å². The third kappa shape index (κ3) is 5.13. The Balaban J connectivity index is 1.55. The van der Waals surface area contributed by atoms with E-state index in [4.69, 9.17) is 9.15 Å². The zero-order valence-electron chi connectivity index (χ0n) is 15.3. The number of halogens is 1. The van der Waals surface area contributed by atoms with E-state index in [1.807, 2.05) is 36.1 Å². The average molecular weight is 435 g/mol. The summed E-state index contributed by atoms with van der Waals surface area (Å²) in [5.74, 6) is 1.06. The first-order valence-electron chi connectivity index (χ1n) is 9.11. The van der Waals surface area contributed by atoms with E-state index in [2.05, 4.69) is 15.9 Å². The molecule has 1 fully saturated rings. The molecule has 1 aliphatic rings. The van der Waals surface area contributed by atoms with Gasteiger partial charge < -0.3 is 19.0 Å². The molecule has 0 saturated carbocycles. The van der Waals surface area contributed by atoms with Crippen LogP contribution in [0.3, 0.4) is 0 Å². The number of hydrogen-bond donors (Lipinski definition) is 0. The van der Waals surface area contributed by atoms with Crippen LogP contribution in [0, 0.1) is 0 Å². The smallest absolute Gasteiger partial charge is 0.289 e. The highest BCUT2D eigenvalue weighted by Crippen LogP contribution is 2.17. The van der Waals surface area contributed by atoms with Gasteiger partial charge in [-0.3, -0.25) is 9.59 Å². The van der Waals surface area contributed by atoms with Crippen LogP contribution in [0.2, 0.25) is 0 Å². The summed E-state index contributed by atoms with van der Waals surface area (Å²) in [5.41, 5.74) is 0.959. The number of benzene rings is 1. The highest BCUT2D eigenvalue weighted by Gasteiger charge is 2.24. The Morgan fingerprint density at radius 2 is 1.74 bits per heavy atom. The van der Waals surface area contributed by atoms with Gasteiger partial charge >= 0.3 is 0 Å². The maximum Gasteiger partial charge on any atom is 0.289 e. The van der Waals surface area contributed by atoms with Crippen molar-refractivity contribution in [3.8, 4) is 5.75 Å². The molecule has 0 bridgehead atoms. The van der Waals surface area contributed by atoms with Gasteiger partial charge in [-0.15, -0.1) is 0 Å². The number of carbonyl (C=O) groups excluding carboxylic acids is 2. The summed E-state index contributed by atoms with van der Waals surface area (Å²) < 4.78 is 11.3. The molecule has 2 heterocycles. The van der Waals surface area contributed by atoms with Gasteiger partial charge in [0.1, 0.15) is 5.75 Å². The van der Waals surface area contributed by atoms with Crippen LogP contribution in [0.15, 0.2) is 45.5 Å². The van der Waals surface area contributed by atoms with Crippen molar-refractivity contribution in [1.82, 2.24) is 9.80 Å². The Morgan fingerprint density at radius 1 is 1.04 bits per heavy atom. The highest BCUT2D eigenvalue weighted by molar-refractivity contribution is 9.10. The Labute approximate surface area is 167 Å². The monoisotopic (exact) mass is 434 g/mol. The molecule has 0 unspecified atom stereocenters. The highest BCUT2D eigenvalue weighted by atomic mass is 79.9. The summed E-state index contributed by atoms with van der Waals surface area (Å²) in [6, 6.07) is 11.0. The molecule has 3 rings (SSSR count). The summed E-state index contributed by atoms with van der Waals surface area (Å²) in [7, 11) is 0. The van der Waals surface area contributed by atoms with Crippen LogP contribution in [-0.2, 0) is 11.2 Å². The van der Waals surface area contributed by atoms with Crippen LogP contribution in [0.1, 0.15) is 29.5 Å². The molecule has 7 heteroatoms. The molecule has 1 aromatic carbocycles. The van der Waals surface area contributed by atoms with Crippen molar-refractivity contribution < 1.29 is 18.7 Å². The number of rotatable bonds is 5. The van der Waals surface area contributed by atoms with Gasteiger partial charge in [0.25, 0.3) is 5.91 Å². The number of hydrogen-bond acceptors (Lipinski definition) is 4. The van der Waals surface area contributed by atoms with Crippen molar-refractivity contribution in [1.29, 1.82) is 0 Å². The molecule has 1 aliphatic heterocycles. The maximum absolute atomic E-state index is 12.6. The van der Waals surface area contributed by atoms with E-state index in [1.165, 1.54) is 0 Å². The van der Waals surface area contributed by atoms with E-state index in [-0.39, 0.29) is 11.8 Å². The molecular formula is C20H23BrN2O4. The van der Waals surface area contributed by atoms with Crippen molar-refractivity contribution in [2.45, 2.75) is 19.8 Å². The summed E-state index contributed by atoms with van der Waals surface area (Å²) in [4.78, 5) is 28.7. The summed E-state index contributed by atoms with van der Waals surface area (Å²) in [5, 5.41) is 0. The fourth-order valence-corrected chi connectivity index (χ4v) is 3.42. The normalized spacial score (nSPS) is 14.7. The second kappa shape index (κ2) is 9.08. The molecule has 1 saturated heterocycles. The standard InChI is InChI=1S/C20H23BrN2O4/c1-2-26-16-6-4-15(5-7-16)14-19(24)22-10-3-11-23(13-12-22)20(25)17-8-9-18(21)27-17/h4-9H,2-3,10-14H2,1H3. The lowest BCUT2D eigenvalue weighted by Crippen LogP contribution is -2.37. The first-order valence-corrected chi connectivity index (χ1v) is 9.90. The van der Waals surface area contributed by atoms with Crippen molar-refractivity contribution >= 4 is 27.7 Å². The van der Waals surface area contributed by atoms with E-state index in [0.29, 0.717) is 49.6 Å². The first-order chi connectivity index (χ1) is 13.1. The van der Waals surface area contributed by atoms with Crippen LogP contribution >= 0.6 is 15.9 Å². The maximum atomic E-state index is 12.6. The summed E-state index contributed by atoms with van der Waals surface area (Å²) >= 11 is 3.21. The lowest BCUT2D eigenvalue weighted by molar-refractivity contribution is -0.130. The summed E-state index contributed by atoms with van der Waals surface area (Å²) in [6.07, 6.45) is 1.11. The number of furan rings is 1. The Morgan fingerprint density at radius 3 is 2.41 bits per heavy atom. The minimum Gasteiger partial charge on any atom is -0.494 e. The lowest BCUT2D eigenvalue weighted by atomic mass is 10.1. The SMILES string of the molecule is CCOc1ccc(CC(=O)N2CCCN(C(=O)c3ccc(Br)o3)CC2)cc1. The zero-order chi connectivity index (χ0) is 19.2. The van der Waals surface area contributed by atoms with Crippen LogP contribution in [0.4, 0.5) is 0 Å². The van der Waals surface area contributed by atoms with Gasteiger partial charge in [0.05, 0.1) is 13.0 Å². The number of amides is 2. The van der Waals surface area contributed by atoms with Crippen LogP contribution in [-0.4, -0.2) is 54.4 Å². The van der Waals surface area contributed by atoms with Gasteiger partial charge in [0.2, 0.25) is 5.91 Å². The largest absolute Gasteiger partial charge is 0.494 e. The fraction of sp³-hybridized carbons (Fsp3) is 0.400. The molecular weight excluding hydrogens is 412 g/mol. The second-order valence-corrected chi connectivity index (χ2v) is 7.17. The molecule has 0 N–H and O–H groups in total. The molecule has 0 spiro atoms. The van der Waals surface area contributed by atoms with Gasteiger partial charge in [-0.25, -0.2) is 0 Å².